The summed E-state index contributed by atoms with van der Waals surface area (Å²) in [5, 5.41) is 22.3. The van der Waals surface area contributed by atoms with Crippen LogP contribution in [0, 0.1) is 6.92 Å². The van der Waals surface area contributed by atoms with E-state index in [2.05, 4.69) is 10.3 Å². The molecule has 3 rings (SSSR count). The lowest BCUT2D eigenvalue weighted by molar-refractivity contribution is 0.0950. The third-order valence-corrected chi connectivity index (χ3v) is 4.18. The second kappa shape index (κ2) is 8.30. The number of benzene rings is 2. The number of amides is 1. The Morgan fingerprint density at radius 1 is 1.07 bits per heavy atom. The molecule has 0 aliphatic carbocycles. The lowest BCUT2D eigenvalue weighted by Gasteiger charge is -2.13. The van der Waals surface area contributed by atoms with Crippen molar-refractivity contribution in [1.29, 1.82) is 0 Å². The molecule has 0 aliphatic heterocycles. The van der Waals surface area contributed by atoms with E-state index >= 15 is 0 Å². The second-order valence-electron chi connectivity index (χ2n) is 6.04. The van der Waals surface area contributed by atoms with Crippen molar-refractivity contribution in [3.8, 4) is 28.9 Å². The number of carbonyl (C=O) groups is 1. The molecular weight excluding hydrogens is 360 g/mol. The molecule has 0 bridgehead atoms. The number of nitrogens with one attached hydrogen (secondary N) is 1. The Kier molecular flexibility index (Phi) is 5.64. The minimum Gasteiger partial charge on any atom is -0.508 e. The number of nitrogens with zero attached hydrogens (tertiary/aromatic N) is 1. The second-order valence-corrected chi connectivity index (χ2v) is 6.04. The first-order valence-corrected chi connectivity index (χ1v) is 8.55. The molecule has 144 valence electrons. The topological polar surface area (TPSA) is 101 Å². The van der Waals surface area contributed by atoms with Gasteiger partial charge in [0, 0.05) is 29.4 Å². The van der Waals surface area contributed by atoms with Gasteiger partial charge in [0.05, 0.1) is 7.11 Å². The molecule has 3 aromatic rings. The molecule has 0 unspecified atom stereocenters. The fourth-order valence-corrected chi connectivity index (χ4v) is 2.55. The smallest absolute Gasteiger partial charge is 0.251 e. The molecule has 1 amide bonds. The Balaban J connectivity index is 1.76. The fourth-order valence-electron chi connectivity index (χ4n) is 2.55. The summed E-state index contributed by atoms with van der Waals surface area (Å²) in [6, 6.07) is 13.3. The average Bonchev–Trinajstić information content (AvgIpc) is 2.71. The highest BCUT2D eigenvalue weighted by atomic mass is 16.5. The van der Waals surface area contributed by atoms with Gasteiger partial charge in [0.25, 0.3) is 5.91 Å². The van der Waals surface area contributed by atoms with Crippen LogP contribution in [0.15, 0.2) is 54.7 Å². The SMILES string of the molecule is COc1ccccc1Oc1ncccc1CNC(=O)c1cc(O)c(C)c(O)c1. The Hall–Kier alpha value is -3.74. The third kappa shape index (κ3) is 4.15. The van der Waals surface area contributed by atoms with Gasteiger partial charge in [-0.25, -0.2) is 4.98 Å². The van der Waals surface area contributed by atoms with Crippen molar-refractivity contribution < 1.29 is 24.5 Å². The number of phenolic OH excluding ortho intramolecular Hbond substituents is 2. The Labute approximate surface area is 162 Å². The van der Waals surface area contributed by atoms with Gasteiger partial charge in [-0.05, 0) is 37.3 Å². The van der Waals surface area contributed by atoms with Crippen LogP contribution in [0.3, 0.4) is 0 Å². The molecule has 1 aromatic heterocycles. The highest BCUT2D eigenvalue weighted by Gasteiger charge is 2.14. The van der Waals surface area contributed by atoms with Crippen LogP contribution in [-0.4, -0.2) is 28.2 Å². The summed E-state index contributed by atoms with van der Waals surface area (Å²) in [6.45, 7) is 1.70. The lowest BCUT2D eigenvalue weighted by atomic mass is 10.1. The standard InChI is InChI=1S/C21H20N2O5/c1-13-16(24)10-15(11-17(13)25)20(26)23-12-14-6-5-9-22-21(14)28-19-8-4-3-7-18(19)27-2/h3-11,24-25H,12H2,1-2H3,(H,23,26). The van der Waals surface area contributed by atoms with E-state index in [1.54, 1.807) is 44.5 Å². The highest BCUT2D eigenvalue weighted by molar-refractivity contribution is 5.95. The monoisotopic (exact) mass is 380 g/mol. The quantitative estimate of drug-likeness (QED) is 0.605. The number of rotatable bonds is 6. The first-order valence-electron chi connectivity index (χ1n) is 8.55. The zero-order valence-electron chi connectivity index (χ0n) is 15.5. The summed E-state index contributed by atoms with van der Waals surface area (Å²) in [4.78, 5) is 16.6. The van der Waals surface area contributed by atoms with Gasteiger partial charge in [-0.3, -0.25) is 4.79 Å². The normalized spacial score (nSPS) is 10.4. The Bertz CT molecular complexity index is 981. The van der Waals surface area contributed by atoms with Gasteiger partial charge in [0.2, 0.25) is 5.88 Å². The van der Waals surface area contributed by atoms with Gasteiger partial charge in [0.1, 0.15) is 11.5 Å². The number of methoxy groups -OCH3 is 1. The van der Waals surface area contributed by atoms with Gasteiger partial charge in [-0.15, -0.1) is 0 Å². The van der Waals surface area contributed by atoms with Gasteiger partial charge in [-0.2, -0.15) is 0 Å². The summed E-state index contributed by atoms with van der Waals surface area (Å²) in [6.07, 6.45) is 1.59. The van der Waals surface area contributed by atoms with Crippen molar-refractivity contribution in [1.82, 2.24) is 10.3 Å². The van der Waals surface area contributed by atoms with E-state index in [0.717, 1.165) is 0 Å². The number of hydrogen-bond donors (Lipinski definition) is 3. The zero-order chi connectivity index (χ0) is 20.1. The van der Waals surface area contributed by atoms with Gasteiger partial charge in [-0.1, -0.05) is 18.2 Å². The van der Waals surface area contributed by atoms with E-state index < -0.39 is 5.91 Å². The van der Waals surface area contributed by atoms with Crippen LogP contribution in [0.4, 0.5) is 0 Å². The van der Waals surface area contributed by atoms with E-state index in [-0.39, 0.29) is 23.6 Å². The lowest BCUT2D eigenvalue weighted by Crippen LogP contribution is -2.23. The maximum absolute atomic E-state index is 12.4. The van der Waals surface area contributed by atoms with E-state index in [9.17, 15) is 15.0 Å². The number of aromatic hydroxyl groups is 2. The van der Waals surface area contributed by atoms with E-state index in [1.807, 2.05) is 12.1 Å². The van der Waals surface area contributed by atoms with Crippen molar-refractivity contribution in [3.05, 3.63) is 71.4 Å². The van der Waals surface area contributed by atoms with Gasteiger partial charge < -0.3 is 25.0 Å². The molecule has 0 spiro atoms. The molecule has 1 heterocycles. The minimum atomic E-state index is -0.447. The van der Waals surface area contributed by atoms with Crippen LogP contribution in [0.2, 0.25) is 0 Å². The predicted molar refractivity (Wildman–Crippen MR) is 103 cm³/mol. The summed E-state index contributed by atoms with van der Waals surface area (Å²) in [5.74, 6) is 0.663. The molecule has 0 fully saturated rings. The number of hydrogen-bond acceptors (Lipinski definition) is 6. The predicted octanol–water partition coefficient (Wildman–Crippen LogP) is 3.53. The van der Waals surface area contributed by atoms with Crippen molar-refractivity contribution in [2.75, 3.05) is 7.11 Å². The average molecular weight is 380 g/mol. The van der Waals surface area contributed by atoms with E-state index in [0.29, 0.717) is 28.5 Å². The Morgan fingerprint density at radius 2 is 1.75 bits per heavy atom. The zero-order valence-corrected chi connectivity index (χ0v) is 15.5. The molecule has 0 saturated heterocycles. The number of ether oxygens (including phenoxy) is 2. The molecule has 0 atom stereocenters. The molecular formula is C21H20N2O5. The van der Waals surface area contributed by atoms with E-state index in [4.69, 9.17) is 9.47 Å². The summed E-state index contributed by atoms with van der Waals surface area (Å²) in [5.41, 5.74) is 1.12. The van der Waals surface area contributed by atoms with Crippen LogP contribution in [0.5, 0.6) is 28.9 Å². The minimum absolute atomic E-state index is 0.145. The molecule has 0 saturated carbocycles. The fraction of sp³-hybridized carbons (Fsp3) is 0.143. The summed E-state index contributed by atoms with van der Waals surface area (Å²) < 4.78 is 11.1. The van der Waals surface area contributed by atoms with Gasteiger partial charge >= 0.3 is 0 Å². The van der Waals surface area contributed by atoms with Crippen molar-refractivity contribution in [2.24, 2.45) is 0 Å². The largest absolute Gasteiger partial charge is 0.508 e. The molecule has 7 heteroatoms. The molecule has 0 radical (unpaired) electrons. The first-order chi connectivity index (χ1) is 13.5. The third-order valence-electron chi connectivity index (χ3n) is 4.18. The number of phenols is 2. The van der Waals surface area contributed by atoms with Crippen LogP contribution in [-0.2, 0) is 6.54 Å². The van der Waals surface area contributed by atoms with Crippen LogP contribution in [0.25, 0.3) is 0 Å². The highest BCUT2D eigenvalue weighted by Crippen LogP contribution is 2.31. The number of carbonyl (C=O) groups excluding carboxylic acids is 1. The van der Waals surface area contributed by atoms with Crippen LogP contribution < -0.4 is 14.8 Å². The molecule has 3 N–H and O–H groups in total. The van der Waals surface area contributed by atoms with Crippen LogP contribution in [0.1, 0.15) is 21.5 Å². The number of para-hydroxylation sites is 2. The maximum Gasteiger partial charge on any atom is 0.251 e. The summed E-state index contributed by atoms with van der Waals surface area (Å²) in [7, 11) is 1.55. The first kappa shape index (κ1) is 19.0. The van der Waals surface area contributed by atoms with Crippen molar-refractivity contribution in [2.45, 2.75) is 13.5 Å². The molecule has 0 aliphatic rings. The summed E-state index contributed by atoms with van der Waals surface area (Å²) >= 11 is 0. The molecule has 7 nitrogen and oxygen atoms in total. The van der Waals surface area contributed by atoms with Crippen molar-refractivity contribution in [3.63, 3.8) is 0 Å². The van der Waals surface area contributed by atoms with Crippen molar-refractivity contribution >= 4 is 5.91 Å². The number of pyridine rings is 1. The van der Waals surface area contributed by atoms with Crippen LogP contribution >= 0.6 is 0 Å². The number of aromatic nitrogens is 1. The Morgan fingerprint density at radius 3 is 2.43 bits per heavy atom. The molecule has 28 heavy (non-hydrogen) atoms. The maximum atomic E-state index is 12.4. The van der Waals surface area contributed by atoms with E-state index in [1.165, 1.54) is 12.1 Å². The molecule has 2 aromatic carbocycles. The van der Waals surface area contributed by atoms with Gasteiger partial charge in [0.15, 0.2) is 11.5 Å².